The summed E-state index contributed by atoms with van der Waals surface area (Å²) in [7, 11) is 0. The third kappa shape index (κ3) is 1.67. The molecule has 0 atom stereocenters. The Bertz CT molecular complexity index is 442. The monoisotopic (exact) mass is 202 g/mol. The molecular weight excluding hydrogens is 188 g/mol. The van der Waals surface area contributed by atoms with E-state index in [0.717, 1.165) is 17.6 Å². The van der Waals surface area contributed by atoms with Crippen LogP contribution in [0.25, 0.3) is 5.57 Å². The second-order valence-electron chi connectivity index (χ2n) is 4.61. The molecule has 0 aliphatic heterocycles. The zero-order chi connectivity index (χ0) is 11.1. The molecule has 1 aliphatic rings. The quantitative estimate of drug-likeness (QED) is 0.711. The second kappa shape index (κ2) is 3.23. The number of benzene rings is 1. The van der Waals surface area contributed by atoms with Gasteiger partial charge in [-0.2, -0.15) is 0 Å². The van der Waals surface area contributed by atoms with Crippen LogP contribution in [0.1, 0.15) is 25.0 Å². The third-order valence-corrected chi connectivity index (χ3v) is 2.94. The molecular formula is C13H14O2. The highest BCUT2D eigenvalue weighted by molar-refractivity contribution is 5.93. The van der Waals surface area contributed by atoms with Crippen molar-refractivity contribution in [2.75, 3.05) is 0 Å². The van der Waals surface area contributed by atoms with Crippen molar-refractivity contribution in [3.8, 4) is 0 Å². The normalized spacial score (nSPS) is 20.3. The molecule has 1 aliphatic carbocycles. The molecule has 0 fully saturated rings. The minimum atomic E-state index is -0.866. The molecule has 1 aromatic rings. The van der Waals surface area contributed by atoms with Crippen LogP contribution in [0.4, 0.5) is 0 Å². The van der Waals surface area contributed by atoms with Crippen LogP contribution < -0.4 is 0 Å². The third-order valence-electron chi connectivity index (χ3n) is 2.94. The average molecular weight is 202 g/mol. The highest BCUT2D eigenvalue weighted by Crippen LogP contribution is 2.45. The van der Waals surface area contributed by atoms with E-state index in [-0.39, 0.29) is 5.41 Å². The predicted octanol–water partition coefficient (Wildman–Crippen LogP) is 2.74. The van der Waals surface area contributed by atoms with E-state index in [4.69, 9.17) is 5.11 Å². The summed E-state index contributed by atoms with van der Waals surface area (Å²) in [5.41, 5.74) is 3.20. The summed E-state index contributed by atoms with van der Waals surface area (Å²) in [6.45, 7) is 4.17. The van der Waals surface area contributed by atoms with Gasteiger partial charge < -0.3 is 5.11 Å². The van der Waals surface area contributed by atoms with Crippen LogP contribution in [0.5, 0.6) is 0 Å². The van der Waals surface area contributed by atoms with E-state index in [1.807, 2.05) is 18.2 Å². The number of carbonyl (C=O) groups is 1. The van der Waals surface area contributed by atoms with E-state index in [1.165, 1.54) is 11.6 Å². The Morgan fingerprint density at radius 1 is 1.40 bits per heavy atom. The molecule has 0 saturated carbocycles. The summed E-state index contributed by atoms with van der Waals surface area (Å²) < 4.78 is 0. The van der Waals surface area contributed by atoms with Crippen LogP contribution in [0.2, 0.25) is 0 Å². The van der Waals surface area contributed by atoms with Gasteiger partial charge in [-0.1, -0.05) is 38.1 Å². The molecule has 0 radical (unpaired) electrons. The lowest BCUT2D eigenvalue weighted by molar-refractivity contribution is -0.131. The van der Waals surface area contributed by atoms with Crippen LogP contribution >= 0.6 is 0 Å². The standard InChI is InChI=1S/C13H14O2/c1-13(2)8-9-5-3-4-6-10(9)11(13)7-12(14)15/h3-7H,8H2,1-2H3,(H,14,15)/b11-7-. The average Bonchev–Trinajstić information content (AvgIpc) is 2.37. The Morgan fingerprint density at radius 2 is 2.07 bits per heavy atom. The molecule has 2 heteroatoms. The van der Waals surface area contributed by atoms with E-state index in [0.29, 0.717) is 0 Å². The highest BCUT2D eigenvalue weighted by Gasteiger charge is 2.33. The molecule has 2 nitrogen and oxygen atoms in total. The van der Waals surface area contributed by atoms with Gasteiger partial charge in [-0.3, -0.25) is 0 Å². The van der Waals surface area contributed by atoms with E-state index in [2.05, 4.69) is 19.9 Å². The molecule has 0 amide bonds. The Morgan fingerprint density at radius 3 is 2.73 bits per heavy atom. The van der Waals surface area contributed by atoms with Gasteiger partial charge in [0, 0.05) is 6.08 Å². The molecule has 2 rings (SSSR count). The first-order valence-electron chi connectivity index (χ1n) is 5.04. The number of allylic oxidation sites excluding steroid dienone is 1. The van der Waals surface area contributed by atoms with Crippen LogP contribution in [-0.4, -0.2) is 11.1 Å². The van der Waals surface area contributed by atoms with E-state index in [9.17, 15) is 4.79 Å². The van der Waals surface area contributed by atoms with Crippen LogP contribution in [0.3, 0.4) is 0 Å². The number of carboxylic acids is 1. The fraction of sp³-hybridized carbons (Fsp3) is 0.308. The molecule has 0 spiro atoms. The number of hydrogen-bond donors (Lipinski definition) is 1. The number of hydrogen-bond acceptors (Lipinski definition) is 1. The molecule has 0 saturated heterocycles. The lowest BCUT2D eigenvalue weighted by Gasteiger charge is -2.19. The van der Waals surface area contributed by atoms with Gasteiger partial charge >= 0.3 is 5.97 Å². The van der Waals surface area contributed by atoms with Crippen LogP contribution in [-0.2, 0) is 11.2 Å². The van der Waals surface area contributed by atoms with Gasteiger partial charge in [-0.15, -0.1) is 0 Å². The second-order valence-corrected chi connectivity index (χ2v) is 4.61. The number of fused-ring (bicyclic) bond motifs is 1. The summed E-state index contributed by atoms with van der Waals surface area (Å²) >= 11 is 0. The first kappa shape index (κ1) is 9.97. The van der Waals surface area contributed by atoms with Crippen molar-refractivity contribution in [1.29, 1.82) is 0 Å². The fourth-order valence-corrected chi connectivity index (χ4v) is 2.27. The van der Waals surface area contributed by atoms with Gasteiger partial charge in [0.15, 0.2) is 0 Å². The van der Waals surface area contributed by atoms with Crippen LogP contribution in [0, 0.1) is 5.41 Å². The maximum Gasteiger partial charge on any atom is 0.328 e. The molecule has 0 unspecified atom stereocenters. The largest absolute Gasteiger partial charge is 0.478 e. The van der Waals surface area contributed by atoms with Gasteiger partial charge in [0.05, 0.1) is 0 Å². The zero-order valence-corrected chi connectivity index (χ0v) is 8.95. The molecule has 0 aromatic heterocycles. The number of carboxylic acid groups (broad SMARTS) is 1. The summed E-state index contributed by atoms with van der Waals surface area (Å²) in [6.07, 6.45) is 2.26. The summed E-state index contributed by atoms with van der Waals surface area (Å²) in [5.74, 6) is -0.866. The smallest absolute Gasteiger partial charge is 0.328 e. The zero-order valence-electron chi connectivity index (χ0n) is 8.95. The van der Waals surface area contributed by atoms with Gasteiger partial charge in [-0.25, -0.2) is 4.79 Å². The Balaban J connectivity index is 2.58. The molecule has 78 valence electrons. The van der Waals surface area contributed by atoms with E-state index < -0.39 is 5.97 Å². The SMILES string of the molecule is CC1(C)Cc2ccccc2/C1=C/C(=O)O. The Kier molecular flexibility index (Phi) is 2.14. The fourth-order valence-electron chi connectivity index (χ4n) is 2.27. The molecule has 0 bridgehead atoms. The lowest BCUT2D eigenvalue weighted by atomic mass is 9.85. The van der Waals surface area contributed by atoms with Crippen molar-refractivity contribution in [2.24, 2.45) is 5.41 Å². The predicted molar refractivity (Wildman–Crippen MR) is 59.5 cm³/mol. The van der Waals surface area contributed by atoms with Crippen molar-refractivity contribution in [1.82, 2.24) is 0 Å². The summed E-state index contributed by atoms with van der Waals surface area (Å²) in [4.78, 5) is 10.8. The Labute approximate surface area is 89.2 Å². The maximum atomic E-state index is 10.8. The van der Waals surface area contributed by atoms with Gasteiger partial charge in [0.1, 0.15) is 0 Å². The van der Waals surface area contributed by atoms with Gasteiger partial charge in [0.25, 0.3) is 0 Å². The van der Waals surface area contributed by atoms with Crippen LogP contribution in [0.15, 0.2) is 30.3 Å². The minimum absolute atomic E-state index is 0.0674. The summed E-state index contributed by atoms with van der Waals surface area (Å²) in [5, 5.41) is 8.86. The maximum absolute atomic E-state index is 10.8. The van der Waals surface area contributed by atoms with Crippen molar-refractivity contribution in [3.63, 3.8) is 0 Å². The first-order chi connectivity index (χ1) is 7.00. The molecule has 0 heterocycles. The topological polar surface area (TPSA) is 37.3 Å². The minimum Gasteiger partial charge on any atom is -0.478 e. The van der Waals surface area contributed by atoms with E-state index >= 15 is 0 Å². The van der Waals surface area contributed by atoms with Crippen molar-refractivity contribution in [3.05, 3.63) is 41.5 Å². The van der Waals surface area contributed by atoms with Crippen molar-refractivity contribution in [2.45, 2.75) is 20.3 Å². The highest BCUT2D eigenvalue weighted by atomic mass is 16.4. The van der Waals surface area contributed by atoms with Gasteiger partial charge in [0.2, 0.25) is 0 Å². The van der Waals surface area contributed by atoms with Crippen molar-refractivity contribution < 1.29 is 9.90 Å². The molecule has 15 heavy (non-hydrogen) atoms. The van der Waals surface area contributed by atoms with Gasteiger partial charge in [-0.05, 0) is 28.5 Å². The Hall–Kier alpha value is -1.57. The molecule has 1 N–H and O–H groups in total. The van der Waals surface area contributed by atoms with Crippen molar-refractivity contribution >= 4 is 11.5 Å². The first-order valence-corrected chi connectivity index (χ1v) is 5.04. The lowest BCUT2D eigenvalue weighted by Crippen LogP contribution is -2.10. The van der Waals surface area contributed by atoms with E-state index in [1.54, 1.807) is 0 Å². The molecule has 1 aromatic carbocycles. The summed E-state index contributed by atoms with van der Waals surface area (Å²) in [6, 6.07) is 8.02. The number of rotatable bonds is 1. The number of aliphatic carboxylic acids is 1.